The van der Waals surface area contributed by atoms with Crippen LogP contribution < -0.4 is 5.32 Å². The van der Waals surface area contributed by atoms with E-state index in [-0.39, 0.29) is 24.2 Å². The number of nitro benzene ring substituents is 1. The number of likely N-dealkylation sites (N-methyl/N-ethyl adjacent to an activating group) is 1. The molecule has 7 nitrogen and oxygen atoms in total. The van der Waals surface area contributed by atoms with E-state index in [0.717, 1.165) is 5.69 Å². The molecule has 24 heavy (non-hydrogen) atoms. The van der Waals surface area contributed by atoms with Crippen LogP contribution in [0.15, 0.2) is 42.5 Å². The van der Waals surface area contributed by atoms with Crippen molar-refractivity contribution in [3.63, 3.8) is 0 Å². The second-order valence-electron chi connectivity index (χ2n) is 5.62. The van der Waals surface area contributed by atoms with Crippen LogP contribution in [0.1, 0.15) is 24.2 Å². The number of nitrogens with one attached hydrogen (secondary N) is 1. The minimum absolute atomic E-state index is 0.0533. The van der Waals surface area contributed by atoms with Crippen molar-refractivity contribution in [1.82, 2.24) is 9.88 Å². The summed E-state index contributed by atoms with van der Waals surface area (Å²) in [6.45, 7) is 3.78. The number of para-hydroxylation sites is 1. The van der Waals surface area contributed by atoms with Crippen LogP contribution in [0.5, 0.6) is 0 Å². The van der Waals surface area contributed by atoms with Crippen LogP contribution in [0, 0.1) is 17.0 Å². The number of aryl methyl sites for hydroxylation is 1. The molecule has 1 atom stereocenters. The fraction of sp³-hybridized carbons (Fsp3) is 0.294. The van der Waals surface area contributed by atoms with Gasteiger partial charge in [0.15, 0.2) is 0 Å². The van der Waals surface area contributed by atoms with Crippen molar-refractivity contribution in [3.05, 3.63) is 63.8 Å². The highest BCUT2D eigenvalue weighted by atomic mass is 16.6. The van der Waals surface area contributed by atoms with Gasteiger partial charge in [-0.1, -0.05) is 24.3 Å². The minimum Gasteiger partial charge on any atom is -0.310 e. The van der Waals surface area contributed by atoms with E-state index >= 15 is 0 Å². The van der Waals surface area contributed by atoms with Gasteiger partial charge in [0.2, 0.25) is 5.91 Å². The monoisotopic (exact) mass is 328 g/mol. The predicted molar refractivity (Wildman–Crippen MR) is 91.7 cm³/mol. The van der Waals surface area contributed by atoms with Crippen LogP contribution in [0.3, 0.4) is 0 Å². The maximum Gasteiger partial charge on any atom is 0.274 e. The molecule has 0 saturated carbocycles. The van der Waals surface area contributed by atoms with E-state index in [1.165, 1.54) is 6.07 Å². The molecule has 7 heteroatoms. The Balaban J connectivity index is 2.05. The number of pyridine rings is 1. The van der Waals surface area contributed by atoms with Crippen molar-refractivity contribution in [1.29, 1.82) is 0 Å². The number of aromatic nitrogens is 1. The van der Waals surface area contributed by atoms with Crippen LogP contribution in [0.2, 0.25) is 0 Å². The first-order valence-electron chi connectivity index (χ1n) is 7.55. The molecule has 0 aliphatic rings. The van der Waals surface area contributed by atoms with Gasteiger partial charge in [-0.3, -0.25) is 19.8 Å². The van der Waals surface area contributed by atoms with Crippen LogP contribution >= 0.6 is 0 Å². The lowest BCUT2D eigenvalue weighted by Crippen LogP contribution is -2.32. The Morgan fingerprint density at radius 3 is 2.67 bits per heavy atom. The lowest BCUT2D eigenvalue weighted by molar-refractivity contribution is -0.385. The first-order valence-corrected chi connectivity index (χ1v) is 7.55. The SMILES string of the molecule is Cc1cccc(NC(=O)CN(C)C(C)c2ccccc2[N+](=O)[O-])n1. The highest BCUT2D eigenvalue weighted by Gasteiger charge is 2.22. The molecule has 1 heterocycles. The van der Waals surface area contributed by atoms with Crippen molar-refractivity contribution in [2.24, 2.45) is 0 Å². The lowest BCUT2D eigenvalue weighted by atomic mass is 10.1. The van der Waals surface area contributed by atoms with Crippen LogP contribution in [-0.2, 0) is 4.79 Å². The fourth-order valence-electron chi connectivity index (χ4n) is 2.40. The number of benzene rings is 1. The minimum atomic E-state index is -0.406. The summed E-state index contributed by atoms with van der Waals surface area (Å²) in [6.07, 6.45) is 0. The number of anilines is 1. The highest BCUT2D eigenvalue weighted by molar-refractivity contribution is 5.91. The Bertz CT molecular complexity index is 748. The van der Waals surface area contributed by atoms with E-state index in [9.17, 15) is 14.9 Å². The van der Waals surface area contributed by atoms with Gasteiger partial charge < -0.3 is 5.32 Å². The summed E-state index contributed by atoms with van der Waals surface area (Å²) in [7, 11) is 1.75. The van der Waals surface area contributed by atoms with Gasteiger partial charge >= 0.3 is 0 Å². The summed E-state index contributed by atoms with van der Waals surface area (Å²) in [6, 6.07) is 11.7. The molecule has 2 aromatic rings. The molecule has 0 fully saturated rings. The van der Waals surface area contributed by atoms with Gasteiger partial charge in [-0.25, -0.2) is 4.98 Å². The number of nitro groups is 1. The van der Waals surface area contributed by atoms with Crippen LogP contribution in [0.4, 0.5) is 11.5 Å². The van der Waals surface area contributed by atoms with E-state index in [1.54, 1.807) is 36.2 Å². The number of amides is 1. The molecule has 0 aliphatic carbocycles. The normalized spacial score (nSPS) is 12.0. The second kappa shape index (κ2) is 7.65. The molecule has 0 saturated heterocycles. The van der Waals surface area contributed by atoms with Gasteiger partial charge in [0.1, 0.15) is 5.82 Å². The van der Waals surface area contributed by atoms with Crippen LogP contribution in [0.25, 0.3) is 0 Å². The number of carbonyl (C=O) groups is 1. The van der Waals surface area contributed by atoms with Gasteiger partial charge in [0, 0.05) is 23.4 Å². The summed E-state index contributed by atoms with van der Waals surface area (Å²) < 4.78 is 0. The molecule has 1 aromatic heterocycles. The summed E-state index contributed by atoms with van der Waals surface area (Å²) in [5.41, 5.74) is 1.44. The van der Waals surface area contributed by atoms with Crippen molar-refractivity contribution >= 4 is 17.4 Å². The Morgan fingerprint density at radius 2 is 2.00 bits per heavy atom. The molecule has 0 radical (unpaired) electrons. The molecule has 0 aliphatic heterocycles. The third-order valence-corrected chi connectivity index (χ3v) is 3.79. The van der Waals surface area contributed by atoms with Crippen molar-refractivity contribution in [2.75, 3.05) is 18.9 Å². The number of rotatable bonds is 6. The zero-order chi connectivity index (χ0) is 17.7. The fourth-order valence-corrected chi connectivity index (χ4v) is 2.40. The number of carbonyl (C=O) groups excluding carboxylic acids is 1. The third-order valence-electron chi connectivity index (χ3n) is 3.79. The Morgan fingerprint density at radius 1 is 1.29 bits per heavy atom. The molecule has 1 N–H and O–H groups in total. The van der Waals surface area contributed by atoms with E-state index in [4.69, 9.17) is 0 Å². The van der Waals surface area contributed by atoms with Gasteiger partial charge in [0.05, 0.1) is 11.5 Å². The van der Waals surface area contributed by atoms with E-state index in [0.29, 0.717) is 11.4 Å². The first kappa shape index (κ1) is 17.6. The van der Waals surface area contributed by atoms with E-state index in [2.05, 4.69) is 10.3 Å². The number of hydrogen-bond acceptors (Lipinski definition) is 5. The summed E-state index contributed by atoms with van der Waals surface area (Å²) >= 11 is 0. The Hall–Kier alpha value is -2.80. The smallest absolute Gasteiger partial charge is 0.274 e. The maximum absolute atomic E-state index is 12.2. The molecule has 126 valence electrons. The molecular weight excluding hydrogens is 308 g/mol. The highest BCUT2D eigenvalue weighted by Crippen LogP contribution is 2.27. The Kier molecular flexibility index (Phi) is 5.59. The second-order valence-corrected chi connectivity index (χ2v) is 5.62. The van der Waals surface area contributed by atoms with Crippen molar-refractivity contribution in [2.45, 2.75) is 19.9 Å². The molecule has 1 aromatic carbocycles. The van der Waals surface area contributed by atoms with Gasteiger partial charge in [-0.05, 0) is 33.0 Å². The zero-order valence-electron chi connectivity index (χ0n) is 13.9. The predicted octanol–water partition coefficient (Wildman–Crippen LogP) is 2.93. The zero-order valence-corrected chi connectivity index (χ0v) is 13.9. The summed E-state index contributed by atoms with van der Waals surface area (Å²) in [4.78, 5) is 28.9. The molecule has 1 amide bonds. The first-order chi connectivity index (χ1) is 11.4. The molecule has 2 rings (SSSR count). The van der Waals surface area contributed by atoms with Gasteiger partial charge in [-0.2, -0.15) is 0 Å². The van der Waals surface area contributed by atoms with Crippen LogP contribution in [-0.4, -0.2) is 34.3 Å². The van der Waals surface area contributed by atoms with E-state index < -0.39 is 4.92 Å². The average Bonchev–Trinajstić information content (AvgIpc) is 2.53. The molecule has 0 spiro atoms. The molecule has 1 unspecified atom stereocenters. The van der Waals surface area contributed by atoms with Crippen molar-refractivity contribution < 1.29 is 9.72 Å². The summed E-state index contributed by atoms with van der Waals surface area (Å²) in [5.74, 6) is 0.271. The maximum atomic E-state index is 12.2. The lowest BCUT2D eigenvalue weighted by Gasteiger charge is -2.24. The van der Waals surface area contributed by atoms with Gasteiger partial charge in [0.25, 0.3) is 5.69 Å². The number of nitrogens with zero attached hydrogens (tertiary/aromatic N) is 3. The summed E-state index contributed by atoms with van der Waals surface area (Å²) in [5, 5.41) is 13.9. The largest absolute Gasteiger partial charge is 0.310 e. The standard InChI is InChI=1S/C17H20N4O3/c1-12-7-6-10-16(18-12)19-17(22)11-20(3)13(2)14-8-4-5-9-15(14)21(23)24/h4-10,13H,11H2,1-3H3,(H,18,19,22). The van der Waals surface area contributed by atoms with E-state index in [1.807, 2.05) is 26.0 Å². The molecule has 0 bridgehead atoms. The quantitative estimate of drug-likeness (QED) is 0.650. The van der Waals surface area contributed by atoms with Crippen molar-refractivity contribution in [3.8, 4) is 0 Å². The topological polar surface area (TPSA) is 88.4 Å². The number of hydrogen-bond donors (Lipinski definition) is 1. The van der Waals surface area contributed by atoms with Gasteiger partial charge in [-0.15, -0.1) is 0 Å². The molecular formula is C17H20N4O3. The average molecular weight is 328 g/mol. The Labute approximate surface area is 140 Å². The third kappa shape index (κ3) is 4.36.